The van der Waals surface area contributed by atoms with Gasteiger partial charge in [0.1, 0.15) is 0 Å². The molecular formula is C19H30N2O3. The lowest BCUT2D eigenvalue weighted by Crippen LogP contribution is -2.41. The molecule has 24 heavy (non-hydrogen) atoms. The van der Waals surface area contributed by atoms with Crippen LogP contribution in [0.25, 0.3) is 0 Å². The monoisotopic (exact) mass is 334 g/mol. The van der Waals surface area contributed by atoms with Gasteiger partial charge >= 0.3 is 0 Å². The molecular weight excluding hydrogens is 304 g/mol. The zero-order valence-corrected chi connectivity index (χ0v) is 15.1. The van der Waals surface area contributed by atoms with Crippen LogP contribution in [0.3, 0.4) is 0 Å². The summed E-state index contributed by atoms with van der Waals surface area (Å²) in [6.45, 7) is 8.40. The Morgan fingerprint density at radius 3 is 2.58 bits per heavy atom. The predicted octanol–water partition coefficient (Wildman–Crippen LogP) is 3.19. The first-order valence-electron chi connectivity index (χ1n) is 9.09. The number of carbonyl (C=O) groups is 1. The fourth-order valence-electron chi connectivity index (χ4n) is 2.76. The third-order valence-electron chi connectivity index (χ3n) is 4.13. The molecule has 0 radical (unpaired) electrons. The van der Waals surface area contributed by atoms with Gasteiger partial charge in [0.05, 0.1) is 25.3 Å². The van der Waals surface area contributed by atoms with Crippen molar-refractivity contribution in [2.24, 2.45) is 0 Å². The summed E-state index contributed by atoms with van der Waals surface area (Å²) >= 11 is 0. The molecule has 1 aromatic carbocycles. The minimum atomic E-state index is -0.0656. The molecule has 1 amide bonds. The first kappa shape index (κ1) is 18.6. The first-order chi connectivity index (χ1) is 11.7. The Morgan fingerprint density at radius 1 is 1.25 bits per heavy atom. The van der Waals surface area contributed by atoms with Gasteiger partial charge in [-0.25, -0.2) is 0 Å². The van der Waals surface area contributed by atoms with Crippen molar-refractivity contribution in [3.63, 3.8) is 0 Å². The molecule has 1 aliphatic rings. The van der Waals surface area contributed by atoms with Crippen molar-refractivity contribution in [2.45, 2.75) is 58.5 Å². The van der Waals surface area contributed by atoms with Gasteiger partial charge in [0.2, 0.25) is 5.91 Å². The van der Waals surface area contributed by atoms with Crippen molar-refractivity contribution in [2.75, 3.05) is 19.8 Å². The van der Waals surface area contributed by atoms with Crippen molar-refractivity contribution in [1.82, 2.24) is 10.6 Å². The van der Waals surface area contributed by atoms with E-state index in [1.54, 1.807) is 0 Å². The molecule has 0 aromatic heterocycles. The number of nitrogens with one attached hydrogen (secondary N) is 2. The number of ether oxygens (including phenoxy) is 2. The normalized spacial score (nSPS) is 18.2. The zero-order chi connectivity index (χ0) is 17.4. The maximum absolute atomic E-state index is 12.3. The van der Waals surface area contributed by atoms with Crippen LogP contribution in [0.2, 0.25) is 0 Å². The first-order valence-corrected chi connectivity index (χ1v) is 9.09. The van der Waals surface area contributed by atoms with E-state index in [0.29, 0.717) is 13.2 Å². The lowest BCUT2D eigenvalue weighted by Gasteiger charge is -2.19. The highest BCUT2D eigenvalue weighted by Crippen LogP contribution is 2.31. The van der Waals surface area contributed by atoms with Crippen molar-refractivity contribution >= 4 is 5.91 Å². The lowest BCUT2D eigenvalue weighted by atomic mass is 10.1. The van der Waals surface area contributed by atoms with Gasteiger partial charge in [-0.05, 0) is 56.8 Å². The molecule has 2 N–H and O–H groups in total. The Hall–Kier alpha value is -1.75. The average molecular weight is 334 g/mol. The van der Waals surface area contributed by atoms with E-state index in [2.05, 4.69) is 24.5 Å². The van der Waals surface area contributed by atoms with E-state index >= 15 is 0 Å². The Bertz CT molecular complexity index is 527. The summed E-state index contributed by atoms with van der Waals surface area (Å²) in [7, 11) is 0. The molecule has 134 valence electrons. The summed E-state index contributed by atoms with van der Waals surface area (Å²) < 4.78 is 11.6. The minimum Gasteiger partial charge on any atom is -0.490 e. The Balaban J connectivity index is 2.05. The number of benzene rings is 1. The number of amides is 1. The van der Waals surface area contributed by atoms with E-state index in [-0.39, 0.29) is 18.0 Å². The topological polar surface area (TPSA) is 59.6 Å². The number of rotatable bonds is 9. The average Bonchev–Trinajstić information content (AvgIpc) is 3.13. The number of hydrogen-bond acceptors (Lipinski definition) is 4. The molecule has 1 heterocycles. The third kappa shape index (κ3) is 5.13. The predicted molar refractivity (Wildman–Crippen MR) is 95.6 cm³/mol. The van der Waals surface area contributed by atoms with Gasteiger partial charge in [0.15, 0.2) is 11.5 Å². The molecule has 0 spiro atoms. The molecule has 5 heteroatoms. The molecule has 1 fully saturated rings. The smallest absolute Gasteiger partial charge is 0.237 e. The van der Waals surface area contributed by atoms with Gasteiger partial charge in [0, 0.05) is 0 Å². The largest absolute Gasteiger partial charge is 0.490 e. The van der Waals surface area contributed by atoms with Crippen LogP contribution in [0.15, 0.2) is 18.2 Å². The van der Waals surface area contributed by atoms with Crippen LogP contribution in [-0.2, 0) is 4.79 Å². The van der Waals surface area contributed by atoms with Gasteiger partial charge in [-0.15, -0.1) is 0 Å². The number of hydrogen-bond donors (Lipinski definition) is 2. The second-order valence-corrected chi connectivity index (χ2v) is 6.28. The second-order valence-electron chi connectivity index (χ2n) is 6.28. The van der Waals surface area contributed by atoms with Crippen LogP contribution >= 0.6 is 0 Å². The van der Waals surface area contributed by atoms with Crippen molar-refractivity contribution in [3.8, 4) is 11.5 Å². The fourth-order valence-corrected chi connectivity index (χ4v) is 2.76. The quantitative estimate of drug-likeness (QED) is 0.728. The van der Waals surface area contributed by atoms with Crippen LogP contribution in [0.5, 0.6) is 11.5 Å². The van der Waals surface area contributed by atoms with Gasteiger partial charge in [-0.1, -0.05) is 19.9 Å². The molecule has 2 rings (SSSR count). The van der Waals surface area contributed by atoms with Gasteiger partial charge in [-0.2, -0.15) is 0 Å². The van der Waals surface area contributed by atoms with Crippen LogP contribution in [-0.4, -0.2) is 31.7 Å². The number of carbonyl (C=O) groups excluding carboxylic acids is 1. The van der Waals surface area contributed by atoms with Gasteiger partial charge in [-0.3, -0.25) is 4.79 Å². The van der Waals surface area contributed by atoms with E-state index in [9.17, 15) is 4.79 Å². The van der Waals surface area contributed by atoms with Gasteiger partial charge < -0.3 is 20.1 Å². The highest BCUT2D eigenvalue weighted by molar-refractivity contribution is 5.82. The maximum atomic E-state index is 12.3. The van der Waals surface area contributed by atoms with Crippen molar-refractivity contribution in [1.29, 1.82) is 0 Å². The fraction of sp³-hybridized carbons (Fsp3) is 0.632. The molecule has 0 aliphatic carbocycles. The van der Waals surface area contributed by atoms with Crippen molar-refractivity contribution < 1.29 is 14.3 Å². The third-order valence-corrected chi connectivity index (χ3v) is 4.13. The highest BCUT2D eigenvalue weighted by Gasteiger charge is 2.23. The van der Waals surface area contributed by atoms with E-state index in [0.717, 1.165) is 49.3 Å². The summed E-state index contributed by atoms with van der Waals surface area (Å²) in [4.78, 5) is 12.3. The molecule has 2 unspecified atom stereocenters. The van der Waals surface area contributed by atoms with E-state index in [1.165, 1.54) is 0 Å². The SMILES string of the molecule is CCCOc1ccc(C(C)NC(=O)C2CCCN2)cc1OCCC. The standard InChI is InChI=1S/C19H30N2O3/c1-4-11-23-17-9-8-15(13-18(17)24-12-5-2)14(3)21-19(22)16-7-6-10-20-16/h8-9,13-14,16,20H,4-7,10-12H2,1-3H3,(H,21,22). The summed E-state index contributed by atoms with van der Waals surface area (Å²) in [6, 6.07) is 5.79. The summed E-state index contributed by atoms with van der Waals surface area (Å²) in [5, 5.41) is 6.31. The second kappa shape index (κ2) is 9.52. The van der Waals surface area contributed by atoms with Crippen LogP contribution in [0.1, 0.15) is 58.1 Å². The summed E-state index contributed by atoms with van der Waals surface area (Å²) in [5.41, 5.74) is 1.02. The molecule has 1 saturated heterocycles. The van der Waals surface area contributed by atoms with Crippen LogP contribution in [0.4, 0.5) is 0 Å². The minimum absolute atomic E-state index is 0.0598. The zero-order valence-electron chi connectivity index (χ0n) is 15.1. The highest BCUT2D eigenvalue weighted by atomic mass is 16.5. The molecule has 5 nitrogen and oxygen atoms in total. The molecule has 1 aromatic rings. The Kier molecular flexibility index (Phi) is 7.37. The Labute approximate surface area is 145 Å². The van der Waals surface area contributed by atoms with Crippen molar-refractivity contribution in [3.05, 3.63) is 23.8 Å². The molecule has 2 atom stereocenters. The van der Waals surface area contributed by atoms with E-state index in [1.807, 2.05) is 25.1 Å². The van der Waals surface area contributed by atoms with Crippen LogP contribution < -0.4 is 20.1 Å². The maximum Gasteiger partial charge on any atom is 0.237 e. The van der Waals surface area contributed by atoms with Gasteiger partial charge in [0.25, 0.3) is 0 Å². The summed E-state index contributed by atoms with van der Waals surface area (Å²) in [5.74, 6) is 1.59. The lowest BCUT2D eigenvalue weighted by molar-refractivity contribution is -0.123. The van der Waals surface area contributed by atoms with E-state index in [4.69, 9.17) is 9.47 Å². The summed E-state index contributed by atoms with van der Waals surface area (Å²) in [6.07, 6.45) is 3.87. The molecule has 0 saturated carbocycles. The van der Waals surface area contributed by atoms with Crippen LogP contribution in [0, 0.1) is 0 Å². The molecule has 1 aliphatic heterocycles. The molecule has 0 bridgehead atoms. The Morgan fingerprint density at radius 2 is 1.96 bits per heavy atom. The van der Waals surface area contributed by atoms with E-state index < -0.39 is 0 Å².